The highest BCUT2D eigenvalue weighted by molar-refractivity contribution is 5.95. The molecule has 0 aromatic heterocycles. The monoisotopic (exact) mass is 1080 g/mol. The van der Waals surface area contributed by atoms with Crippen molar-refractivity contribution in [3.8, 4) is 0 Å². The summed E-state index contributed by atoms with van der Waals surface area (Å²) in [5, 5.41) is 24.7. The molecule has 0 bridgehead atoms. The van der Waals surface area contributed by atoms with Crippen molar-refractivity contribution in [1.82, 2.24) is 52.3 Å². The van der Waals surface area contributed by atoms with Crippen molar-refractivity contribution in [3.63, 3.8) is 0 Å². The molecule has 74 heavy (non-hydrogen) atoms. The largest absolute Gasteiger partial charge is 0.354 e. The molecule has 5 aliphatic rings. The van der Waals surface area contributed by atoms with Gasteiger partial charge in [0.25, 0.3) is 0 Å². The second-order valence-corrected chi connectivity index (χ2v) is 24.1. The standard InChI is InChI=1S/C54H94N10O8.2ClH/c1-33(55-9)45(65)61-43(53(3,4)5)51(71)63-28-18-26-41(63)49(69)59-39(35-20-13-11-14-21-35)31-57-47(67)37-24-17-25-38(30-37)48(68)58-32-40(36-22-15-12-16-23-36)60-50(70)42-27-19-29-64(42)52(72)44(54(6,7)8)62-46(66)34(2)56-10;;/h33-44,55-56H,11-32H2,1-10H3,(H,57,67)(H,58,68)(H,59,69)(H,60,70)(H,61,65)(H,62,66);2*1H/t33-,34-,37?,38?,39+,40+,41-,42-,43+,44+;;/m0../s1. The van der Waals surface area contributed by atoms with Crippen molar-refractivity contribution in [1.29, 1.82) is 0 Å². The highest BCUT2D eigenvalue weighted by atomic mass is 35.5. The van der Waals surface area contributed by atoms with Gasteiger partial charge in [-0.3, -0.25) is 38.4 Å². The number of carbonyl (C=O) groups is 8. The molecule has 5 rings (SSSR count). The summed E-state index contributed by atoms with van der Waals surface area (Å²) in [5.41, 5.74) is -1.20. The van der Waals surface area contributed by atoms with Crippen LogP contribution in [-0.4, -0.2) is 146 Å². The molecule has 5 fully saturated rings. The first kappa shape index (κ1) is 64.5. The normalized spacial score (nSPS) is 24.3. The summed E-state index contributed by atoms with van der Waals surface area (Å²) >= 11 is 0. The van der Waals surface area contributed by atoms with Gasteiger partial charge in [-0.25, -0.2) is 0 Å². The summed E-state index contributed by atoms with van der Waals surface area (Å²) in [6.07, 6.45) is 14.9. The van der Waals surface area contributed by atoms with E-state index in [0.717, 1.165) is 64.2 Å². The third-order valence-electron chi connectivity index (χ3n) is 16.6. The molecule has 8 amide bonds. The van der Waals surface area contributed by atoms with E-state index in [1.807, 2.05) is 41.5 Å². The molecule has 0 spiro atoms. The molecule has 0 aromatic rings. The summed E-state index contributed by atoms with van der Waals surface area (Å²) in [4.78, 5) is 114. The van der Waals surface area contributed by atoms with Crippen LogP contribution in [0.3, 0.4) is 0 Å². The number of halogens is 2. The maximum absolute atomic E-state index is 14.2. The van der Waals surface area contributed by atoms with Gasteiger partial charge < -0.3 is 52.3 Å². The zero-order chi connectivity index (χ0) is 52.9. The molecule has 0 aromatic carbocycles. The first-order valence-corrected chi connectivity index (χ1v) is 27.8. The van der Waals surface area contributed by atoms with Gasteiger partial charge in [-0.2, -0.15) is 0 Å². The van der Waals surface area contributed by atoms with Crippen molar-refractivity contribution < 1.29 is 38.4 Å². The molecular weight excluding hydrogens is 988 g/mol. The van der Waals surface area contributed by atoms with E-state index >= 15 is 0 Å². The molecule has 3 aliphatic carbocycles. The second-order valence-electron chi connectivity index (χ2n) is 24.1. The van der Waals surface area contributed by atoms with Gasteiger partial charge >= 0.3 is 0 Å². The Hall–Kier alpha value is -3.74. The smallest absolute Gasteiger partial charge is 0.246 e. The van der Waals surface area contributed by atoms with Gasteiger partial charge in [0.1, 0.15) is 24.2 Å². The summed E-state index contributed by atoms with van der Waals surface area (Å²) < 4.78 is 0. The number of amides is 8. The quantitative estimate of drug-likeness (QED) is 0.0863. The van der Waals surface area contributed by atoms with E-state index in [1.54, 1.807) is 37.7 Å². The highest BCUT2D eigenvalue weighted by Crippen LogP contribution is 2.33. The maximum Gasteiger partial charge on any atom is 0.246 e. The van der Waals surface area contributed by atoms with Crippen molar-refractivity contribution >= 4 is 72.1 Å². The minimum atomic E-state index is -0.822. The fourth-order valence-corrected chi connectivity index (χ4v) is 11.7. The van der Waals surface area contributed by atoms with Gasteiger partial charge in [-0.15, -0.1) is 24.8 Å². The average molecular weight is 1080 g/mol. The Morgan fingerprint density at radius 3 is 1.14 bits per heavy atom. The minimum Gasteiger partial charge on any atom is -0.354 e. The molecule has 3 saturated carbocycles. The highest BCUT2D eigenvalue weighted by Gasteiger charge is 2.45. The molecule has 2 saturated heterocycles. The van der Waals surface area contributed by atoms with E-state index in [0.29, 0.717) is 64.5 Å². The molecule has 2 unspecified atom stereocenters. The van der Waals surface area contributed by atoms with Crippen LogP contribution < -0.4 is 42.5 Å². The lowest BCUT2D eigenvalue weighted by molar-refractivity contribution is -0.144. The topological polar surface area (TPSA) is 239 Å². The Morgan fingerprint density at radius 1 is 0.459 bits per heavy atom. The van der Waals surface area contributed by atoms with Crippen LogP contribution in [-0.2, 0) is 38.4 Å². The van der Waals surface area contributed by atoms with Gasteiger partial charge in [0.05, 0.1) is 12.1 Å². The summed E-state index contributed by atoms with van der Waals surface area (Å²) in [7, 11) is 3.38. The van der Waals surface area contributed by atoms with Crippen LogP contribution in [0, 0.1) is 34.5 Å². The van der Waals surface area contributed by atoms with Crippen molar-refractivity contribution in [3.05, 3.63) is 0 Å². The van der Waals surface area contributed by atoms with Crippen LogP contribution in [0.1, 0.15) is 171 Å². The van der Waals surface area contributed by atoms with Crippen LogP contribution in [0.4, 0.5) is 0 Å². The molecule has 2 aliphatic heterocycles. The lowest BCUT2D eigenvalue weighted by Gasteiger charge is -2.37. The van der Waals surface area contributed by atoms with E-state index in [-0.39, 0.29) is 121 Å². The Morgan fingerprint density at radius 2 is 0.811 bits per heavy atom. The molecule has 2 heterocycles. The molecule has 20 heteroatoms. The number of hydrogen-bond donors (Lipinski definition) is 8. The van der Waals surface area contributed by atoms with Gasteiger partial charge in [-0.05, 0) is 121 Å². The lowest BCUT2D eigenvalue weighted by Crippen LogP contribution is -2.60. The van der Waals surface area contributed by atoms with Crippen molar-refractivity contribution in [2.24, 2.45) is 34.5 Å². The van der Waals surface area contributed by atoms with Crippen LogP contribution in [0.2, 0.25) is 0 Å². The minimum absolute atomic E-state index is 0. The number of hydrogen-bond acceptors (Lipinski definition) is 10. The first-order chi connectivity index (χ1) is 34.0. The summed E-state index contributed by atoms with van der Waals surface area (Å²) in [5.74, 6) is -2.29. The fraction of sp³-hybridized carbons (Fsp3) is 0.852. The van der Waals surface area contributed by atoms with Gasteiger partial charge in [0, 0.05) is 50.1 Å². The Balaban J connectivity index is 0.00000722. The molecule has 8 N–H and O–H groups in total. The molecule has 424 valence electrons. The molecule has 18 nitrogen and oxygen atoms in total. The summed E-state index contributed by atoms with van der Waals surface area (Å²) in [6, 6.07) is -4.66. The number of likely N-dealkylation sites (N-methyl/N-ethyl adjacent to an activating group) is 2. The maximum atomic E-state index is 14.2. The lowest BCUT2D eigenvalue weighted by atomic mass is 9.80. The first-order valence-electron chi connectivity index (χ1n) is 27.8. The number of nitrogens with one attached hydrogen (secondary N) is 8. The van der Waals surface area contributed by atoms with Crippen molar-refractivity contribution in [2.75, 3.05) is 40.3 Å². The third kappa shape index (κ3) is 17.7. The molecule has 0 radical (unpaired) electrons. The molecule has 10 atom stereocenters. The number of nitrogens with zero attached hydrogens (tertiary/aromatic N) is 2. The zero-order valence-corrected chi connectivity index (χ0v) is 48.1. The SMILES string of the molecule is CN[C@@H](C)C(=O)N[C@H](C(=O)N1CCC[C@H]1C(=O)N[C@H](CNC(=O)C1CCCC(C(=O)NC[C@@H](NC(=O)[C@@H]2CCCN2C(=O)[C@@H](NC(=O)[C@H](C)NC)C(C)(C)C)C2CCCCC2)C1)C1CCCCC1)C(C)(C)C.Cl.Cl. The van der Waals surface area contributed by atoms with E-state index in [9.17, 15) is 38.4 Å². The predicted molar refractivity (Wildman–Crippen MR) is 292 cm³/mol. The third-order valence-corrected chi connectivity index (χ3v) is 16.6. The van der Waals surface area contributed by atoms with E-state index in [2.05, 4.69) is 42.5 Å². The second kappa shape index (κ2) is 29.7. The van der Waals surface area contributed by atoms with Crippen LogP contribution in [0.5, 0.6) is 0 Å². The number of carbonyl (C=O) groups excluding carboxylic acids is 8. The van der Waals surface area contributed by atoms with E-state index < -0.39 is 47.1 Å². The van der Waals surface area contributed by atoms with Crippen molar-refractivity contribution in [2.45, 2.75) is 219 Å². The average Bonchev–Trinajstić information content (AvgIpc) is 4.08. The van der Waals surface area contributed by atoms with Gasteiger partial charge in [0.15, 0.2) is 0 Å². The van der Waals surface area contributed by atoms with Crippen LogP contribution >= 0.6 is 24.8 Å². The van der Waals surface area contributed by atoms with Gasteiger partial charge in [-0.1, -0.05) is 86.5 Å². The van der Waals surface area contributed by atoms with Crippen LogP contribution in [0.25, 0.3) is 0 Å². The fourth-order valence-electron chi connectivity index (χ4n) is 11.7. The summed E-state index contributed by atoms with van der Waals surface area (Å²) in [6.45, 7) is 16.2. The van der Waals surface area contributed by atoms with Gasteiger partial charge in [0.2, 0.25) is 47.3 Å². The number of likely N-dealkylation sites (tertiary alicyclic amines) is 2. The number of rotatable bonds is 20. The Bertz CT molecular complexity index is 1760. The zero-order valence-electron chi connectivity index (χ0n) is 46.5. The van der Waals surface area contributed by atoms with E-state index in [4.69, 9.17) is 0 Å². The molecular formula is C54H96Cl2N10O8. The van der Waals surface area contributed by atoms with E-state index in [1.165, 1.54) is 0 Å². The Labute approximate surface area is 455 Å². The Kier molecular flexibility index (Phi) is 25.9. The predicted octanol–water partition coefficient (Wildman–Crippen LogP) is 4.26. The van der Waals surface area contributed by atoms with Crippen LogP contribution in [0.15, 0.2) is 0 Å².